The molecular weight excluding hydrogens is 384 g/mol. The molecule has 1 saturated carbocycles. The smallest absolute Gasteiger partial charge is 0.287 e. The summed E-state index contributed by atoms with van der Waals surface area (Å²) in [7, 11) is 0. The van der Waals surface area contributed by atoms with Crippen LogP contribution >= 0.6 is 0 Å². The van der Waals surface area contributed by atoms with Gasteiger partial charge in [0.05, 0.1) is 26.0 Å². The second-order valence-corrected chi connectivity index (χ2v) is 8.77. The van der Waals surface area contributed by atoms with E-state index >= 15 is 0 Å². The van der Waals surface area contributed by atoms with E-state index in [1.807, 2.05) is 11.0 Å². The molecule has 2 aromatic rings. The van der Waals surface area contributed by atoms with Crippen molar-refractivity contribution in [2.45, 2.75) is 19.3 Å². The van der Waals surface area contributed by atoms with Gasteiger partial charge in [-0.05, 0) is 42.7 Å². The molecular formula is C22H28N4O4. The van der Waals surface area contributed by atoms with Crippen molar-refractivity contribution in [1.29, 1.82) is 0 Å². The van der Waals surface area contributed by atoms with E-state index in [1.54, 1.807) is 18.5 Å². The summed E-state index contributed by atoms with van der Waals surface area (Å²) in [6, 6.07) is 3.59. The number of nitrogens with one attached hydrogen (secondary N) is 1. The molecule has 3 fully saturated rings. The summed E-state index contributed by atoms with van der Waals surface area (Å²) in [4.78, 5) is 33.3. The Balaban J connectivity index is 1.08. The summed E-state index contributed by atoms with van der Waals surface area (Å²) >= 11 is 0. The third-order valence-electron chi connectivity index (χ3n) is 6.99. The molecule has 4 heterocycles. The molecule has 8 nitrogen and oxygen atoms in total. The van der Waals surface area contributed by atoms with Gasteiger partial charge in [-0.25, -0.2) is 0 Å². The van der Waals surface area contributed by atoms with Crippen LogP contribution in [0.15, 0.2) is 28.9 Å². The minimum Gasteiger partial charge on any atom is -0.449 e. The first kappa shape index (κ1) is 19.5. The predicted octanol–water partition coefficient (Wildman–Crippen LogP) is 1.52. The van der Waals surface area contributed by atoms with Gasteiger partial charge >= 0.3 is 0 Å². The third kappa shape index (κ3) is 3.94. The Bertz CT molecular complexity index is 895. The van der Waals surface area contributed by atoms with E-state index in [1.165, 1.54) is 0 Å². The number of likely N-dealkylation sites (tertiary alicyclic amines) is 1. The van der Waals surface area contributed by atoms with Crippen molar-refractivity contribution in [3.63, 3.8) is 0 Å². The van der Waals surface area contributed by atoms with Gasteiger partial charge in [-0.3, -0.25) is 19.5 Å². The van der Waals surface area contributed by atoms with Gasteiger partial charge in [0, 0.05) is 44.3 Å². The van der Waals surface area contributed by atoms with E-state index in [4.69, 9.17) is 9.15 Å². The Morgan fingerprint density at radius 2 is 2.00 bits per heavy atom. The maximum Gasteiger partial charge on any atom is 0.287 e. The zero-order valence-electron chi connectivity index (χ0n) is 17.1. The van der Waals surface area contributed by atoms with E-state index in [2.05, 4.69) is 15.2 Å². The summed E-state index contributed by atoms with van der Waals surface area (Å²) in [6.07, 6.45) is 6.49. The fourth-order valence-electron chi connectivity index (χ4n) is 4.88. The fourth-order valence-corrected chi connectivity index (χ4v) is 4.88. The van der Waals surface area contributed by atoms with Gasteiger partial charge in [0.15, 0.2) is 11.3 Å². The molecule has 0 aromatic carbocycles. The average Bonchev–Trinajstić information content (AvgIpc) is 3.25. The van der Waals surface area contributed by atoms with Crippen LogP contribution in [0.25, 0.3) is 11.0 Å². The lowest BCUT2D eigenvalue weighted by molar-refractivity contribution is -0.135. The quantitative estimate of drug-likeness (QED) is 0.801. The second kappa shape index (κ2) is 8.00. The number of nitrogens with zero attached hydrogens (tertiary/aromatic N) is 3. The van der Waals surface area contributed by atoms with E-state index < -0.39 is 0 Å². The van der Waals surface area contributed by atoms with Crippen molar-refractivity contribution in [3.8, 4) is 0 Å². The van der Waals surface area contributed by atoms with Crippen LogP contribution in [0.1, 0.15) is 29.8 Å². The Hall–Kier alpha value is -2.45. The molecule has 30 heavy (non-hydrogen) atoms. The highest BCUT2D eigenvalue weighted by atomic mass is 16.5. The number of furan rings is 1. The van der Waals surface area contributed by atoms with Crippen LogP contribution in [0.5, 0.6) is 0 Å². The van der Waals surface area contributed by atoms with Crippen LogP contribution in [0.4, 0.5) is 0 Å². The molecule has 3 aliphatic rings. The lowest BCUT2D eigenvalue weighted by atomic mass is 9.90. The SMILES string of the molecule is O=C(NCC1CC12CCN(C(=O)CN1CCOCC1)CC2)c1cc2ccncc2o1. The van der Waals surface area contributed by atoms with E-state index in [-0.39, 0.29) is 11.8 Å². The number of aromatic nitrogens is 1. The fraction of sp³-hybridized carbons (Fsp3) is 0.591. The van der Waals surface area contributed by atoms with Crippen LogP contribution in [-0.4, -0.2) is 79.1 Å². The number of hydrogen-bond acceptors (Lipinski definition) is 6. The topological polar surface area (TPSA) is 87.9 Å². The monoisotopic (exact) mass is 412 g/mol. The van der Waals surface area contributed by atoms with Crippen molar-refractivity contribution in [2.75, 3.05) is 52.5 Å². The molecule has 1 unspecified atom stereocenters. The van der Waals surface area contributed by atoms with Crippen molar-refractivity contribution in [1.82, 2.24) is 20.1 Å². The first-order chi connectivity index (χ1) is 14.6. The zero-order chi connectivity index (χ0) is 20.6. The molecule has 8 heteroatoms. The number of piperidine rings is 1. The molecule has 1 aliphatic carbocycles. The highest BCUT2D eigenvalue weighted by Crippen LogP contribution is 2.59. The molecule has 5 rings (SSSR count). The highest BCUT2D eigenvalue weighted by molar-refractivity contribution is 5.95. The first-order valence-corrected chi connectivity index (χ1v) is 10.8. The Morgan fingerprint density at radius 3 is 2.77 bits per heavy atom. The van der Waals surface area contributed by atoms with E-state index in [0.29, 0.717) is 49.0 Å². The number of carbonyl (C=O) groups excluding carboxylic acids is 2. The van der Waals surface area contributed by atoms with Crippen molar-refractivity contribution < 1.29 is 18.7 Å². The van der Waals surface area contributed by atoms with Gasteiger partial charge in [0.1, 0.15) is 0 Å². The molecule has 0 radical (unpaired) electrons. The van der Waals surface area contributed by atoms with Gasteiger partial charge in [-0.15, -0.1) is 0 Å². The minimum absolute atomic E-state index is 0.175. The molecule has 2 saturated heterocycles. The number of amides is 2. The maximum atomic E-state index is 12.6. The van der Waals surface area contributed by atoms with Crippen molar-refractivity contribution in [2.24, 2.45) is 11.3 Å². The Kier molecular flexibility index (Phi) is 5.20. The number of carbonyl (C=O) groups is 2. The number of morpholine rings is 1. The summed E-state index contributed by atoms with van der Waals surface area (Å²) in [5.74, 6) is 0.878. The lowest BCUT2D eigenvalue weighted by Crippen LogP contribution is -2.47. The minimum atomic E-state index is -0.175. The molecule has 160 valence electrons. The van der Waals surface area contributed by atoms with Gasteiger partial charge in [0.2, 0.25) is 5.91 Å². The van der Waals surface area contributed by atoms with Crippen LogP contribution in [0.3, 0.4) is 0 Å². The number of pyridine rings is 1. The summed E-state index contributed by atoms with van der Waals surface area (Å²) in [6.45, 7) is 5.93. The molecule has 1 N–H and O–H groups in total. The summed E-state index contributed by atoms with van der Waals surface area (Å²) in [5.41, 5.74) is 0.917. The standard InChI is InChI=1S/C22H28N4O4/c27-20(15-25-7-9-29-10-8-25)26-5-2-22(3-6-26)12-17(22)13-24-21(28)18-11-16-1-4-23-14-19(16)30-18/h1,4,11,14,17H,2-3,5-10,12-13,15H2,(H,24,28). The van der Waals surface area contributed by atoms with Gasteiger partial charge < -0.3 is 19.4 Å². The van der Waals surface area contributed by atoms with E-state index in [9.17, 15) is 9.59 Å². The molecule has 1 atom stereocenters. The normalized spacial score (nSPS) is 23.6. The molecule has 2 amide bonds. The van der Waals surface area contributed by atoms with Crippen molar-refractivity contribution in [3.05, 3.63) is 30.3 Å². The first-order valence-electron chi connectivity index (χ1n) is 10.8. The number of fused-ring (bicyclic) bond motifs is 1. The largest absolute Gasteiger partial charge is 0.449 e. The highest BCUT2D eigenvalue weighted by Gasteiger charge is 2.54. The number of ether oxygens (including phenoxy) is 1. The van der Waals surface area contributed by atoms with Crippen LogP contribution in [-0.2, 0) is 9.53 Å². The third-order valence-corrected chi connectivity index (χ3v) is 6.99. The Labute approximate surface area is 175 Å². The van der Waals surface area contributed by atoms with Crippen LogP contribution < -0.4 is 5.32 Å². The Morgan fingerprint density at radius 1 is 1.20 bits per heavy atom. The lowest BCUT2D eigenvalue weighted by Gasteiger charge is -2.35. The number of rotatable bonds is 5. The molecule has 2 aliphatic heterocycles. The summed E-state index contributed by atoms with van der Waals surface area (Å²) in [5, 5.41) is 3.91. The van der Waals surface area contributed by atoms with E-state index in [0.717, 1.165) is 50.8 Å². The van der Waals surface area contributed by atoms with Crippen LogP contribution in [0.2, 0.25) is 0 Å². The van der Waals surface area contributed by atoms with Gasteiger partial charge in [-0.2, -0.15) is 0 Å². The van der Waals surface area contributed by atoms with Crippen molar-refractivity contribution >= 4 is 22.8 Å². The molecule has 2 aromatic heterocycles. The maximum absolute atomic E-state index is 12.6. The van der Waals surface area contributed by atoms with Gasteiger partial charge in [-0.1, -0.05) is 0 Å². The number of hydrogen-bond donors (Lipinski definition) is 1. The average molecular weight is 412 g/mol. The zero-order valence-corrected chi connectivity index (χ0v) is 17.1. The molecule has 1 spiro atoms. The van der Waals surface area contributed by atoms with Crippen LogP contribution in [0, 0.1) is 11.3 Å². The summed E-state index contributed by atoms with van der Waals surface area (Å²) < 4.78 is 10.9. The predicted molar refractivity (Wildman–Crippen MR) is 110 cm³/mol. The molecule has 0 bridgehead atoms. The second-order valence-electron chi connectivity index (χ2n) is 8.77. The van der Waals surface area contributed by atoms with Gasteiger partial charge in [0.25, 0.3) is 5.91 Å².